The van der Waals surface area contributed by atoms with Crippen LogP contribution in [0, 0.1) is 5.92 Å². The molecule has 1 aliphatic heterocycles. The van der Waals surface area contributed by atoms with Crippen LogP contribution in [0.15, 0.2) is 51.8 Å². The molecule has 3 aromatic heterocycles. The monoisotopic (exact) mass is 339 g/mol. The maximum Gasteiger partial charge on any atom is 0.230 e. The molecule has 1 saturated heterocycles. The van der Waals surface area contributed by atoms with Crippen molar-refractivity contribution in [2.24, 2.45) is 5.92 Å². The number of nitrogens with zero attached hydrogens (tertiary/aromatic N) is 4. The van der Waals surface area contributed by atoms with Gasteiger partial charge in [-0.25, -0.2) is 0 Å². The van der Waals surface area contributed by atoms with Gasteiger partial charge in [0, 0.05) is 19.2 Å². The highest BCUT2D eigenvalue weighted by atomic mass is 16.5. The van der Waals surface area contributed by atoms with Crippen LogP contribution >= 0.6 is 0 Å². The van der Waals surface area contributed by atoms with Crippen LogP contribution in [0.4, 0.5) is 11.6 Å². The second-order valence-corrected chi connectivity index (χ2v) is 5.91. The minimum absolute atomic E-state index is 0.0567. The lowest BCUT2D eigenvalue weighted by Crippen LogP contribution is -2.41. The fourth-order valence-corrected chi connectivity index (χ4v) is 2.95. The molecular formula is C17H17N5O3. The third-order valence-electron chi connectivity index (χ3n) is 4.23. The predicted octanol–water partition coefficient (Wildman–Crippen LogP) is 2.58. The van der Waals surface area contributed by atoms with E-state index >= 15 is 0 Å². The fourth-order valence-electron chi connectivity index (χ4n) is 2.95. The highest BCUT2D eigenvalue weighted by Crippen LogP contribution is 2.24. The number of piperidine rings is 1. The van der Waals surface area contributed by atoms with Crippen molar-refractivity contribution in [3.63, 3.8) is 0 Å². The van der Waals surface area contributed by atoms with Crippen LogP contribution in [0.3, 0.4) is 0 Å². The van der Waals surface area contributed by atoms with Gasteiger partial charge in [0.25, 0.3) is 0 Å². The van der Waals surface area contributed by atoms with E-state index in [4.69, 9.17) is 8.94 Å². The first-order valence-electron chi connectivity index (χ1n) is 8.13. The van der Waals surface area contributed by atoms with Crippen LogP contribution < -0.4 is 10.2 Å². The highest BCUT2D eigenvalue weighted by molar-refractivity contribution is 5.92. The van der Waals surface area contributed by atoms with Crippen molar-refractivity contribution in [1.82, 2.24) is 15.4 Å². The summed E-state index contributed by atoms with van der Waals surface area (Å²) in [5.74, 6) is 1.69. The Morgan fingerprint density at radius 3 is 2.88 bits per heavy atom. The third-order valence-corrected chi connectivity index (χ3v) is 4.23. The molecule has 128 valence electrons. The van der Waals surface area contributed by atoms with Gasteiger partial charge in [-0.3, -0.25) is 4.79 Å². The molecule has 4 heterocycles. The van der Waals surface area contributed by atoms with Crippen molar-refractivity contribution < 1.29 is 13.7 Å². The van der Waals surface area contributed by atoms with Gasteiger partial charge in [0.15, 0.2) is 17.4 Å². The average Bonchev–Trinajstić information content (AvgIpc) is 3.36. The summed E-state index contributed by atoms with van der Waals surface area (Å²) in [7, 11) is 0. The molecule has 4 rings (SSSR count). The Hall–Kier alpha value is -3.16. The van der Waals surface area contributed by atoms with Gasteiger partial charge in [-0.15, -0.1) is 10.2 Å². The van der Waals surface area contributed by atoms with E-state index in [0.29, 0.717) is 23.8 Å². The molecule has 8 nitrogen and oxygen atoms in total. The molecule has 1 aliphatic rings. The molecule has 8 heteroatoms. The minimum Gasteiger partial charge on any atom is -0.463 e. The Morgan fingerprint density at radius 2 is 2.16 bits per heavy atom. The topological polar surface area (TPSA) is 97.3 Å². The fraction of sp³-hybridized carbons (Fsp3) is 0.294. The zero-order chi connectivity index (χ0) is 17.1. The zero-order valence-electron chi connectivity index (χ0n) is 13.5. The van der Waals surface area contributed by atoms with Crippen LogP contribution in [0.5, 0.6) is 0 Å². The van der Waals surface area contributed by atoms with Crippen molar-refractivity contribution in [3.05, 3.63) is 42.9 Å². The Balaban J connectivity index is 1.43. The molecule has 0 spiro atoms. The van der Waals surface area contributed by atoms with Gasteiger partial charge in [-0.1, -0.05) is 5.16 Å². The first-order valence-corrected chi connectivity index (χ1v) is 8.13. The summed E-state index contributed by atoms with van der Waals surface area (Å²) in [4.78, 5) is 14.5. The van der Waals surface area contributed by atoms with Crippen LogP contribution in [-0.2, 0) is 4.79 Å². The first kappa shape index (κ1) is 15.4. The van der Waals surface area contributed by atoms with Gasteiger partial charge in [0.1, 0.15) is 12.0 Å². The summed E-state index contributed by atoms with van der Waals surface area (Å²) in [5, 5.41) is 15.0. The van der Waals surface area contributed by atoms with Gasteiger partial charge in [-0.05, 0) is 37.1 Å². The highest BCUT2D eigenvalue weighted by Gasteiger charge is 2.27. The lowest BCUT2D eigenvalue weighted by Gasteiger charge is -2.32. The van der Waals surface area contributed by atoms with Crippen molar-refractivity contribution >= 4 is 17.5 Å². The molecule has 0 aliphatic carbocycles. The van der Waals surface area contributed by atoms with Gasteiger partial charge in [0.05, 0.1) is 12.2 Å². The van der Waals surface area contributed by atoms with E-state index in [1.165, 1.54) is 6.26 Å². The van der Waals surface area contributed by atoms with Crippen LogP contribution in [0.25, 0.3) is 11.5 Å². The van der Waals surface area contributed by atoms with Gasteiger partial charge >= 0.3 is 0 Å². The number of carbonyl (C=O) groups excluding carboxylic acids is 1. The summed E-state index contributed by atoms with van der Waals surface area (Å²) in [5.41, 5.74) is 0.686. The zero-order valence-corrected chi connectivity index (χ0v) is 13.5. The normalized spacial score (nSPS) is 17.4. The summed E-state index contributed by atoms with van der Waals surface area (Å²) in [6, 6.07) is 9.06. The van der Waals surface area contributed by atoms with E-state index in [1.54, 1.807) is 12.3 Å². The van der Waals surface area contributed by atoms with E-state index in [-0.39, 0.29) is 11.8 Å². The maximum atomic E-state index is 12.4. The summed E-state index contributed by atoms with van der Waals surface area (Å²) < 4.78 is 10.1. The lowest BCUT2D eigenvalue weighted by atomic mass is 9.97. The van der Waals surface area contributed by atoms with Gasteiger partial charge in [0.2, 0.25) is 5.91 Å². The van der Waals surface area contributed by atoms with Crippen LogP contribution in [-0.4, -0.2) is 34.4 Å². The van der Waals surface area contributed by atoms with Crippen molar-refractivity contribution in [2.75, 3.05) is 23.3 Å². The number of nitrogens with one attached hydrogen (secondary N) is 1. The number of aromatic nitrogens is 3. The molecule has 1 N–H and O–H groups in total. The van der Waals surface area contributed by atoms with Crippen LogP contribution in [0.1, 0.15) is 12.8 Å². The lowest BCUT2D eigenvalue weighted by molar-refractivity contribution is -0.120. The van der Waals surface area contributed by atoms with Gasteiger partial charge < -0.3 is 19.2 Å². The SMILES string of the molecule is O=C(Nc1ccon1)[C@H]1CCCN(c2ccc(-c3ccco3)nn2)C1. The summed E-state index contributed by atoms with van der Waals surface area (Å²) in [6.45, 7) is 1.45. The second kappa shape index (κ2) is 6.76. The summed E-state index contributed by atoms with van der Waals surface area (Å²) >= 11 is 0. The van der Waals surface area contributed by atoms with E-state index in [0.717, 1.165) is 25.2 Å². The molecule has 25 heavy (non-hydrogen) atoms. The predicted molar refractivity (Wildman–Crippen MR) is 89.8 cm³/mol. The number of amides is 1. The van der Waals surface area contributed by atoms with E-state index in [1.807, 2.05) is 24.3 Å². The van der Waals surface area contributed by atoms with Crippen molar-refractivity contribution in [3.8, 4) is 11.5 Å². The Morgan fingerprint density at radius 1 is 1.20 bits per heavy atom. The van der Waals surface area contributed by atoms with Crippen molar-refractivity contribution in [1.29, 1.82) is 0 Å². The van der Waals surface area contributed by atoms with E-state index in [9.17, 15) is 4.79 Å². The first-order chi connectivity index (χ1) is 12.3. The molecule has 1 amide bonds. The largest absolute Gasteiger partial charge is 0.463 e. The maximum absolute atomic E-state index is 12.4. The quantitative estimate of drug-likeness (QED) is 0.780. The van der Waals surface area contributed by atoms with Crippen LogP contribution in [0.2, 0.25) is 0 Å². The second-order valence-electron chi connectivity index (χ2n) is 5.91. The standard InChI is InChI=1S/C17H17N5O3/c23-17(18-15-7-10-25-21-15)12-3-1-8-22(11-12)16-6-5-13(19-20-16)14-4-2-9-24-14/h2,4-7,9-10,12H,1,3,8,11H2,(H,18,21,23)/t12-/m0/s1. The molecule has 0 radical (unpaired) electrons. The number of furan rings is 1. The van der Waals surface area contributed by atoms with E-state index in [2.05, 4.69) is 25.6 Å². The van der Waals surface area contributed by atoms with E-state index < -0.39 is 0 Å². The number of anilines is 2. The smallest absolute Gasteiger partial charge is 0.230 e. The Labute approximate surface area is 143 Å². The molecule has 0 aromatic carbocycles. The molecule has 0 saturated carbocycles. The third kappa shape index (κ3) is 3.37. The average molecular weight is 339 g/mol. The number of carbonyl (C=O) groups is 1. The number of rotatable bonds is 4. The molecule has 1 fully saturated rings. The molecule has 0 bridgehead atoms. The Kier molecular flexibility index (Phi) is 4.16. The van der Waals surface area contributed by atoms with Crippen molar-refractivity contribution in [2.45, 2.75) is 12.8 Å². The molecule has 0 unspecified atom stereocenters. The minimum atomic E-state index is -0.128. The number of hydrogen-bond acceptors (Lipinski definition) is 7. The molecule has 3 aromatic rings. The molecular weight excluding hydrogens is 322 g/mol. The Bertz CT molecular complexity index is 815. The molecule has 1 atom stereocenters. The summed E-state index contributed by atoms with van der Waals surface area (Å²) in [6.07, 6.45) is 4.78. The van der Waals surface area contributed by atoms with Gasteiger partial charge in [-0.2, -0.15) is 0 Å². The number of hydrogen-bond donors (Lipinski definition) is 1.